The molecule has 2 aromatic rings. The van der Waals surface area contributed by atoms with E-state index in [0.29, 0.717) is 13.0 Å². The second-order valence-electron chi connectivity index (χ2n) is 3.83. The van der Waals surface area contributed by atoms with Crippen LogP contribution in [0.15, 0.2) is 30.5 Å². The molecule has 2 rings (SSSR count). The Bertz CT molecular complexity index is 575. The number of nitrogens with zero attached hydrogens (tertiary/aromatic N) is 2. The first-order chi connectivity index (χ1) is 9.31. The maximum Gasteiger partial charge on any atom is 0.123 e. The van der Waals surface area contributed by atoms with Gasteiger partial charge in [-0.25, -0.2) is 4.98 Å². The molecule has 1 heterocycles. The first kappa shape index (κ1) is 13.4. The number of aromatic nitrogens is 1. The summed E-state index contributed by atoms with van der Waals surface area (Å²) >= 11 is 1.56. The number of hydrogen-bond acceptors (Lipinski definition) is 5. The lowest BCUT2D eigenvalue weighted by Crippen LogP contribution is -2.00. The van der Waals surface area contributed by atoms with Crippen LogP contribution >= 0.6 is 11.3 Å². The fourth-order valence-electron chi connectivity index (χ4n) is 1.57. The van der Waals surface area contributed by atoms with Crippen LogP contribution in [0.4, 0.5) is 0 Å². The molecule has 19 heavy (non-hydrogen) atoms. The molecule has 0 unspecified atom stereocenters. The summed E-state index contributed by atoms with van der Waals surface area (Å²) in [6.07, 6.45) is 2.93. The van der Waals surface area contributed by atoms with Crippen molar-refractivity contribution in [2.75, 3.05) is 13.7 Å². The molecule has 0 N–H and O–H groups in total. The third kappa shape index (κ3) is 3.97. The number of benzene rings is 1. The van der Waals surface area contributed by atoms with Crippen LogP contribution in [0.25, 0.3) is 0 Å². The fourth-order valence-corrected chi connectivity index (χ4v) is 2.41. The van der Waals surface area contributed by atoms with E-state index < -0.39 is 0 Å². The summed E-state index contributed by atoms with van der Waals surface area (Å²) in [4.78, 5) is 5.26. The van der Waals surface area contributed by atoms with E-state index in [1.165, 1.54) is 0 Å². The van der Waals surface area contributed by atoms with Crippen molar-refractivity contribution in [1.29, 1.82) is 5.26 Å². The highest BCUT2D eigenvalue weighted by Gasteiger charge is 2.02. The Hall–Kier alpha value is -2.06. The highest BCUT2D eigenvalue weighted by atomic mass is 32.1. The molecule has 0 bridgehead atoms. The van der Waals surface area contributed by atoms with Crippen LogP contribution in [-0.4, -0.2) is 18.7 Å². The van der Waals surface area contributed by atoms with Gasteiger partial charge >= 0.3 is 0 Å². The zero-order valence-corrected chi connectivity index (χ0v) is 11.4. The van der Waals surface area contributed by atoms with Gasteiger partial charge in [-0.2, -0.15) is 5.26 Å². The summed E-state index contributed by atoms with van der Waals surface area (Å²) in [7, 11) is 1.63. The number of nitriles is 1. The number of rotatable bonds is 6. The van der Waals surface area contributed by atoms with Gasteiger partial charge in [-0.1, -0.05) is 6.07 Å². The van der Waals surface area contributed by atoms with Crippen molar-refractivity contribution in [3.05, 3.63) is 40.3 Å². The van der Waals surface area contributed by atoms with E-state index in [1.54, 1.807) is 24.6 Å². The minimum Gasteiger partial charge on any atom is -0.497 e. The van der Waals surface area contributed by atoms with Crippen molar-refractivity contribution in [3.8, 4) is 17.6 Å². The van der Waals surface area contributed by atoms with Crippen molar-refractivity contribution in [2.24, 2.45) is 0 Å². The molecule has 0 aliphatic carbocycles. The van der Waals surface area contributed by atoms with Crippen molar-refractivity contribution >= 4 is 11.3 Å². The Morgan fingerprint density at radius 2 is 2.21 bits per heavy atom. The van der Waals surface area contributed by atoms with Crippen molar-refractivity contribution < 1.29 is 9.47 Å². The fraction of sp³-hybridized carbons (Fsp3) is 0.286. The smallest absolute Gasteiger partial charge is 0.123 e. The number of methoxy groups -OCH3 is 1. The van der Waals surface area contributed by atoms with E-state index in [0.717, 1.165) is 27.8 Å². The Morgan fingerprint density at radius 1 is 1.37 bits per heavy atom. The van der Waals surface area contributed by atoms with E-state index in [2.05, 4.69) is 11.1 Å². The van der Waals surface area contributed by atoms with Gasteiger partial charge in [0.25, 0.3) is 0 Å². The first-order valence-corrected chi connectivity index (χ1v) is 6.71. The van der Waals surface area contributed by atoms with Crippen LogP contribution in [0.5, 0.6) is 11.5 Å². The van der Waals surface area contributed by atoms with Crippen LogP contribution in [-0.2, 0) is 12.8 Å². The second-order valence-corrected chi connectivity index (χ2v) is 5.03. The molecule has 5 heteroatoms. The van der Waals surface area contributed by atoms with Gasteiger partial charge in [0.15, 0.2) is 0 Å². The molecule has 1 aromatic carbocycles. The zero-order valence-electron chi connectivity index (χ0n) is 10.6. The number of hydrogen-bond donors (Lipinski definition) is 0. The lowest BCUT2D eigenvalue weighted by atomic mass is 10.3. The molecule has 0 amide bonds. The first-order valence-electron chi connectivity index (χ1n) is 5.89. The SMILES string of the molecule is COc1cccc(OCCc2ncc(CC#N)s2)c1. The monoisotopic (exact) mass is 274 g/mol. The summed E-state index contributed by atoms with van der Waals surface area (Å²) in [5, 5.41) is 9.59. The molecule has 0 saturated carbocycles. The molecule has 0 fully saturated rings. The molecular weight excluding hydrogens is 260 g/mol. The Morgan fingerprint density at radius 3 is 3.00 bits per heavy atom. The minimum absolute atomic E-state index is 0.425. The molecule has 4 nitrogen and oxygen atoms in total. The lowest BCUT2D eigenvalue weighted by Gasteiger charge is -2.06. The Balaban J connectivity index is 1.83. The van der Waals surface area contributed by atoms with Gasteiger partial charge in [0.05, 0.1) is 31.2 Å². The normalized spacial score (nSPS) is 9.89. The van der Waals surface area contributed by atoms with E-state index in [-0.39, 0.29) is 0 Å². The third-order valence-corrected chi connectivity index (χ3v) is 3.54. The summed E-state index contributed by atoms with van der Waals surface area (Å²) in [5.41, 5.74) is 0. The van der Waals surface area contributed by atoms with Crippen molar-refractivity contribution in [3.63, 3.8) is 0 Å². The van der Waals surface area contributed by atoms with Crippen molar-refractivity contribution in [1.82, 2.24) is 4.98 Å². The van der Waals surface area contributed by atoms with Gasteiger partial charge in [0.2, 0.25) is 0 Å². The molecule has 98 valence electrons. The number of ether oxygens (including phenoxy) is 2. The lowest BCUT2D eigenvalue weighted by molar-refractivity contribution is 0.319. The zero-order chi connectivity index (χ0) is 13.5. The quantitative estimate of drug-likeness (QED) is 0.812. The summed E-state index contributed by atoms with van der Waals surface area (Å²) in [5.74, 6) is 1.57. The molecule has 0 saturated heterocycles. The Labute approximate surface area is 116 Å². The predicted octanol–water partition coefficient (Wildman–Crippen LogP) is 2.84. The van der Waals surface area contributed by atoms with Gasteiger partial charge < -0.3 is 9.47 Å². The average Bonchev–Trinajstić information content (AvgIpc) is 2.87. The van der Waals surface area contributed by atoms with E-state index in [9.17, 15) is 0 Å². The van der Waals surface area contributed by atoms with Gasteiger partial charge in [-0.15, -0.1) is 11.3 Å². The van der Waals surface area contributed by atoms with Crippen molar-refractivity contribution in [2.45, 2.75) is 12.8 Å². The molecular formula is C14H14N2O2S. The van der Waals surface area contributed by atoms with Gasteiger partial charge in [-0.05, 0) is 12.1 Å². The van der Waals surface area contributed by atoms with E-state index in [1.807, 2.05) is 24.3 Å². The van der Waals surface area contributed by atoms with E-state index in [4.69, 9.17) is 14.7 Å². The number of thiazole rings is 1. The summed E-state index contributed by atoms with van der Waals surface area (Å²) in [6, 6.07) is 9.63. The van der Waals surface area contributed by atoms with Gasteiger partial charge in [0, 0.05) is 23.6 Å². The average molecular weight is 274 g/mol. The molecule has 1 aromatic heterocycles. The van der Waals surface area contributed by atoms with Gasteiger partial charge in [0.1, 0.15) is 11.5 Å². The second kappa shape index (κ2) is 6.76. The maximum absolute atomic E-state index is 8.60. The molecule has 0 atom stereocenters. The van der Waals surface area contributed by atoms with E-state index >= 15 is 0 Å². The topological polar surface area (TPSA) is 55.1 Å². The highest BCUT2D eigenvalue weighted by Crippen LogP contribution is 2.19. The molecule has 0 aliphatic heterocycles. The minimum atomic E-state index is 0.425. The molecule has 0 aliphatic rings. The summed E-state index contributed by atoms with van der Waals surface area (Å²) in [6.45, 7) is 0.562. The third-order valence-electron chi connectivity index (χ3n) is 2.48. The molecule has 0 radical (unpaired) electrons. The Kier molecular flexibility index (Phi) is 4.76. The largest absolute Gasteiger partial charge is 0.497 e. The predicted molar refractivity (Wildman–Crippen MR) is 73.6 cm³/mol. The van der Waals surface area contributed by atoms with Crippen LogP contribution in [0.3, 0.4) is 0 Å². The van der Waals surface area contributed by atoms with Crippen LogP contribution < -0.4 is 9.47 Å². The summed E-state index contributed by atoms with van der Waals surface area (Å²) < 4.78 is 10.8. The maximum atomic E-state index is 8.60. The van der Waals surface area contributed by atoms with Gasteiger partial charge in [-0.3, -0.25) is 0 Å². The standard InChI is InChI=1S/C14H14N2O2S/c1-17-11-3-2-4-12(9-11)18-8-6-14-16-10-13(19-14)5-7-15/h2-4,9-10H,5-6,8H2,1H3. The van der Waals surface area contributed by atoms with Crippen LogP contribution in [0.1, 0.15) is 9.88 Å². The molecule has 0 spiro atoms. The van der Waals surface area contributed by atoms with Crippen LogP contribution in [0, 0.1) is 11.3 Å². The highest BCUT2D eigenvalue weighted by molar-refractivity contribution is 7.11. The van der Waals surface area contributed by atoms with Crippen LogP contribution in [0.2, 0.25) is 0 Å².